The zero-order valence-electron chi connectivity index (χ0n) is 20.8. The standard InChI is InChI=1S/C27H26ClF3N4O3/c1-15-10-22(38-25-13-23(32-14-33-25)35-26(37)17-7-8-17)20(29)12-21(15)34-24(36)5-3-4-16-6-9-19(28)18(11-16)27(2,30)31/h6,9-14,17H,3-5,7-8H2,1-2H3,(H,34,36)(H,32,33,35,37). The highest BCUT2D eigenvalue weighted by Crippen LogP contribution is 2.34. The number of carbonyl (C=O) groups is 2. The fourth-order valence-electron chi connectivity index (χ4n) is 3.75. The molecule has 200 valence electrons. The van der Waals surface area contributed by atoms with E-state index in [1.165, 1.54) is 30.6 Å². The van der Waals surface area contributed by atoms with Gasteiger partial charge in [0, 0.05) is 47.7 Å². The average Bonchev–Trinajstić information content (AvgIpc) is 3.69. The first-order valence-corrected chi connectivity index (χ1v) is 12.4. The lowest BCUT2D eigenvalue weighted by molar-refractivity contribution is -0.117. The van der Waals surface area contributed by atoms with Crippen LogP contribution >= 0.6 is 11.6 Å². The second kappa shape index (κ2) is 11.4. The Morgan fingerprint density at radius 1 is 1.13 bits per heavy atom. The predicted molar refractivity (Wildman–Crippen MR) is 137 cm³/mol. The van der Waals surface area contributed by atoms with E-state index in [4.69, 9.17) is 16.3 Å². The molecule has 1 fully saturated rings. The number of benzene rings is 2. The number of halogens is 4. The van der Waals surface area contributed by atoms with Gasteiger partial charge in [0.15, 0.2) is 11.6 Å². The minimum Gasteiger partial charge on any atom is -0.436 e. The van der Waals surface area contributed by atoms with Gasteiger partial charge >= 0.3 is 0 Å². The first kappa shape index (κ1) is 27.4. The van der Waals surface area contributed by atoms with Crippen LogP contribution in [-0.4, -0.2) is 21.8 Å². The Labute approximate surface area is 222 Å². The van der Waals surface area contributed by atoms with Crippen LogP contribution < -0.4 is 15.4 Å². The molecule has 1 aliphatic rings. The molecule has 38 heavy (non-hydrogen) atoms. The third-order valence-corrected chi connectivity index (χ3v) is 6.31. The predicted octanol–water partition coefficient (Wildman–Crippen LogP) is 6.79. The van der Waals surface area contributed by atoms with E-state index in [-0.39, 0.29) is 57.9 Å². The van der Waals surface area contributed by atoms with Crippen LogP contribution in [-0.2, 0) is 21.9 Å². The van der Waals surface area contributed by atoms with Gasteiger partial charge in [0.25, 0.3) is 5.92 Å². The van der Waals surface area contributed by atoms with Crippen LogP contribution in [0, 0.1) is 18.7 Å². The molecule has 0 unspecified atom stereocenters. The summed E-state index contributed by atoms with van der Waals surface area (Å²) < 4.78 is 47.7. The van der Waals surface area contributed by atoms with Crippen LogP contribution in [0.25, 0.3) is 0 Å². The monoisotopic (exact) mass is 546 g/mol. The molecule has 4 rings (SSSR count). The average molecular weight is 547 g/mol. The molecule has 0 spiro atoms. The zero-order chi connectivity index (χ0) is 27.4. The molecular weight excluding hydrogens is 521 g/mol. The number of hydrogen-bond acceptors (Lipinski definition) is 5. The van der Waals surface area contributed by atoms with Crippen molar-refractivity contribution in [3.05, 3.63) is 70.3 Å². The molecule has 2 N–H and O–H groups in total. The van der Waals surface area contributed by atoms with Crippen molar-refractivity contribution < 1.29 is 27.5 Å². The molecule has 7 nitrogen and oxygen atoms in total. The molecule has 2 aromatic carbocycles. The van der Waals surface area contributed by atoms with Crippen molar-refractivity contribution in [2.75, 3.05) is 10.6 Å². The molecule has 1 heterocycles. The van der Waals surface area contributed by atoms with Crippen LogP contribution in [0.5, 0.6) is 11.6 Å². The summed E-state index contributed by atoms with van der Waals surface area (Å²) in [5, 5.41) is 5.34. The van der Waals surface area contributed by atoms with E-state index in [1.807, 2.05) is 0 Å². The fourth-order valence-corrected chi connectivity index (χ4v) is 4.03. The topological polar surface area (TPSA) is 93.2 Å². The van der Waals surface area contributed by atoms with Crippen LogP contribution in [0.4, 0.5) is 24.7 Å². The highest BCUT2D eigenvalue weighted by Gasteiger charge is 2.30. The number of alkyl halides is 2. The van der Waals surface area contributed by atoms with Gasteiger partial charge in [0.1, 0.15) is 12.1 Å². The summed E-state index contributed by atoms with van der Waals surface area (Å²) >= 11 is 5.87. The van der Waals surface area contributed by atoms with Crippen molar-refractivity contribution in [3.8, 4) is 11.6 Å². The van der Waals surface area contributed by atoms with Crippen molar-refractivity contribution in [2.45, 2.75) is 51.9 Å². The Kier molecular flexibility index (Phi) is 8.20. The molecular formula is C27H26ClF3N4O3. The molecule has 0 atom stereocenters. The molecule has 3 aromatic rings. The third-order valence-electron chi connectivity index (χ3n) is 5.98. The molecule has 2 amide bonds. The van der Waals surface area contributed by atoms with E-state index in [0.29, 0.717) is 24.0 Å². The van der Waals surface area contributed by atoms with Crippen LogP contribution in [0.2, 0.25) is 5.02 Å². The van der Waals surface area contributed by atoms with Gasteiger partial charge in [-0.15, -0.1) is 0 Å². The second-order valence-electron chi connectivity index (χ2n) is 9.31. The Morgan fingerprint density at radius 3 is 2.61 bits per heavy atom. The van der Waals surface area contributed by atoms with E-state index >= 15 is 0 Å². The highest BCUT2D eigenvalue weighted by atomic mass is 35.5. The zero-order valence-corrected chi connectivity index (χ0v) is 21.5. The molecule has 0 bridgehead atoms. The molecule has 1 aliphatic carbocycles. The largest absolute Gasteiger partial charge is 0.436 e. The molecule has 0 radical (unpaired) electrons. The maximum Gasteiger partial charge on any atom is 0.271 e. The van der Waals surface area contributed by atoms with Crippen molar-refractivity contribution >= 4 is 34.9 Å². The number of anilines is 2. The number of aryl methyl sites for hydroxylation is 2. The van der Waals surface area contributed by atoms with E-state index in [0.717, 1.165) is 25.8 Å². The van der Waals surface area contributed by atoms with Gasteiger partial charge in [0.2, 0.25) is 17.7 Å². The highest BCUT2D eigenvalue weighted by molar-refractivity contribution is 6.31. The van der Waals surface area contributed by atoms with E-state index < -0.39 is 11.7 Å². The van der Waals surface area contributed by atoms with Gasteiger partial charge < -0.3 is 15.4 Å². The maximum absolute atomic E-state index is 14.8. The summed E-state index contributed by atoms with van der Waals surface area (Å²) in [5.41, 5.74) is 1.22. The lowest BCUT2D eigenvalue weighted by atomic mass is 10.0. The number of carbonyl (C=O) groups excluding carboxylic acids is 2. The summed E-state index contributed by atoms with van der Waals surface area (Å²) in [6, 6.07) is 8.39. The summed E-state index contributed by atoms with van der Waals surface area (Å²) in [6.07, 6.45) is 3.80. The molecule has 1 aromatic heterocycles. The first-order chi connectivity index (χ1) is 18.0. The Morgan fingerprint density at radius 2 is 1.89 bits per heavy atom. The number of ether oxygens (including phenoxy) is 1. The van der Waals surface area contributed by atoms with E-state index in [9.17, 15) is 22.8 Å². The van der Waals surface area contributed by atoms with Gasteiger partial charge in [0.05, 0.1) is 0 Å². The number of nitrogens with zero attached hydrogens (tertiary/aromatic N) is 2. The Bertz CT molecular complexity index is 1360. The fraction of sp³-hybridized carbons (Fsp3) is 0.333. The third kappa shape index (κ3) is 7.22. The van der Waals surface area contributed by atoms with Crippen LogP contribution in [0.15, 0.2) is 42.7 Å². The number of amides is 2. The van der Waals surface area contributed by atoms with Gasteiger partial charge in [-0.3, -0.25) is 9.59 Å². The number of hydrogen-bond donors (Lipinski definition) is 2. The van der Waals surface area contributed by atoms with E-state index in [1.54, 1.807) is 13.0 Å². The summed E-state index contributed by atoms with van der Waals surface area (Å²) in [4.78, 5) is 32.3. The van der Waals surface area contributed by atoms with Crippen LogP contribution in [0.3, 0.4) is 0 Å². The van der Waals surface area contributed by atoms with Crippen molar-refractivity contribution in [3.63, 3.8) is 0 Å². The van der Waals surface area contributed by atoms with Gasteiger partial charge in [-0.2, -0.15) is 0 Å². The normalized spacial score (nSPS) is 13.2. The molecule has 11 heteroatoms. The van der Waals surface area contributed by atoms with Gasteiger partial charge in [-0.25, -0.2) is 23.1 Å². The summed E-state index contributed by atoms with van der Waals surface area (Å²) in [7, 11) is 0. The first-order valence-electron chi connectivity index (χ1n) is 12.1. The quantitative estimate of drug-likeness (QED) is 0.292. The van der Waals surface area contributed by atoms with Gasteiger partial charge in [-0.05, 0) is 61.9 Å². The molecule has 1 saturated carbocycles. The Hall–Kier alpha value is -3.66. The number of nitrogens with one attached hydrogen (secondary N) is 2. The lowest BCUT2D eigenvalue weighted by Gasteiger charge is -2.14. The SMILES string of the molecule is Cc1cc(Oc2cc(NC(=O)C3CC3)ncn2)c(F)cc1NC(=O)CCCc1ccc(Cl)c(C(C)(F)F)c1. The Balaban J connectivity index is 1.33. The number of rotatable bonds is 10. The minimum absolute atomic E-state index is 0.00319. The molecule has 0 aliphatic heterocycles. The molecule has 0 saturated heterocycles. The summed E-state index contributed by atoms with van der Waals surface area (Å²) in [6.45, 7) is 2.47. The van der Waals surface area contributed by atoms with Gasteiger partial charge in [-0.1, -0.05) is 17.7 Å². The summed E-state index contributed by atoms with van der Waals surface area (Å²) in [5.74, 6) is -4.06. The second-order valence-corrected chi connectivity index (χ2v) is 9.72. The number of aromatic nitrogens is 2. The van der Waals surface area contributed by atoms with Crippen molar-refractivity contribution in [1.82, 2.24) is 9.97 Å². The minimum atomic E-state index is -3.07. The lowest BCUT2D eigenvalue weighted by Crippen LogP contribution is -2.14. The van der Waals surface area contributed by atoms with E-state index in [2.05, 4.69) is 20.6 Å². The maximum atomic E-state index is 14.8. The smallest absolute Gasteiger partial charge is 0.271 e. The van der Waals surface area contributed by atoms with Crippen molar-refractivity contribution in [1.29, 1.82) is 0 Å². The van der Waals surface area contributed by atoms with Crippen molar-refractivity contribution in [2.24, 2.45) is 5.92 Å². The van der Waals surface area contributed by atoms with Crippen LogP contribution in [0.1, 0.15) is 49.3 Å².